The molecule has 0 saturated carbocycles. The number of ether oxygens (including phenoxy) is 1. The van der Waals surface area contributed by atoms with Gasteiger partial charge in [-0.15, -0.1) is 0 Å². The molecule has 0 unspecified atom stereocenters. The van der Waals surface area contributed by atoms with Gasteiger partial charge in [-0.25, -0.2) is 4.98 Å². The smallest absolute Gasteiger partial charge is 0.261 e. The van der Waals surface area contributed by atoms with Gasteiger partial charge in [0.2, 0.25) is 0 Å². The highest BCUT2D eigenvalue weighted by Gasteiger charge is 2.08. The second-order valence-corrected chi connectivity index (χ2v) is 6.17. The van der Waals surface area contributed by atoms with Crippen LogP contribution < -0.4 is 10.3 Å². The van der Waals surface area contributed by atoms with Crippen LogP contribution in [0.4, 0.5) is 0 Å². The average Bonchev–Trinajstić information content (AvgIpc) is 2.60. The summed E-state index contributed by atoms with van der Waals surface area (Å²) in [7, 11) is 1.64. The summed E-state index contributed by atoms with van der Waals surface area (Å²) in [5, 5.41) is 0.636. The zero-order chi connectivity index (χ0) is 17.1. The number of hydrogen-bond donors (Lipinski definition) is 0. The largest absolute Gasteiger partial charge is 0.496 e. The van der Waals surface area contributed by atoms with E-state index in [1.165, 1.54) is 0 Å². The van der Waals surface area contributed by atoms with Gasteiger partial charge in [-0.1, -0.05) is 28.1 Å². The Morgan fingerprint density at radius 1 is 1.21 bits per heavy atom. The fourth-order valence-electron chi connectivity index (χ4n) is 2.62. The van der Waals surface area contributed by atoms with Crippen LogP contribution >= 0.6 is 15.9 Å². The van der Waals surface area contributed by atoms with E-state index >= 15 is 0 Å². The Balaban J connectivity index is 2.13. The molecule has 0 saturated heterocycles. The number of rotatable bonds is 4. The predicted octanol–water partition coefficient (Wildman–Crippen LogP) is 4.36. The van der Waals surface area contributed by atoms with Crippen molar-refractivity contribution in [1.82, 2.24) is 9.55 Å². The Hall–Kier alpha value is -2.40. The molecule has 0 N–H and O–H groups in total. The van der Waals surface area contributed by atoms with Crippen molar-refractivity contribution in [3.63, 3.8) is 0 Å². The molecule has 0 atom stereocenters. The lowest BCUT2D eigenvalue weighted by molar-refractivity contribution is 0.414. The van der Waals surface area contributed by atoms with Crippen molar-refractivity contribution < 1.29 is 4.74 Å². The fraction of sp³-hybridized carbons (Fsp3) is 0.158. The molecule has 0 radical (unpaired) electrons. The first-order chi connectivity index (χ1) is 11.6. The zero-order valence-electron chi connectivity index (χ0n) is 13.5. The maximum atomic E-state index is 12.6. The molecule has 0 aliphatic heterocycles. The molecule has 3 rings (SSSR count). The van der Waals surface area contributed by atoms with Gasteiger partial charge in [0.25, 0.3) is 5.56 Å². The van der Waals surface area contributed by atoms with Crippen LogP contribution in [0.2, 0.25) is 0 Å². The van der Waals surface area contributed by atoms with Gasteiger partial charge in [0.15, 0.2) is 0 Å². The van der Waals surface area contributed by atoms with Gasteiger partial charge in [0.05, 0.1) is 18.0 Å². The summed E-state index contributed by atoms with van der Waals surface area (Å²) in [6, 6.07) is 13.2. The van der Waals surface area contributed by atoms with Gasteiger partial charge in [-0.2, -0.15) is 0 Å². The van der Waals surface area contributed by atoms with Crippen LogP contribution in [0.3, 0.4) is 0 Å². The van der Waals surface area contributed by atoms with Crippen molar-refractivity contribution >= 4 is 39.0 Å². The van der Waals surface area contributed by atoms with Crippen LogP contribution in [0.25, 0.3) is 23.1 Å². The molecule has 0 amide bonds. The fourth-order valence-corrected chi connectivity index (χ4v) is 3.00. The summed E-state index contributed by atoms with van der Waals surface area (Å²) in [6.07, 6.45) is 3.76. The van der Waals surface area contributed by atoms with Crippen molar-refractivity contribution in [2.75, 3.05) is 7.11 Å². The topological polar surface area (TPSA) is 44.1 Å². The summed E-state index contributed by atoms with van der Waals surface area (Å²) < 4.78 is 8.01. The highest BCUT2D eigenvalue weighted by molar-refractivity contribution is 9.10. The van der Waals surface area contributed by atoms with E-state index in [4.69, 9.17) is 4.74 Å². The molecular weight excluding hydrogens is 368 g/mol. The molecule has 2 aromatic carbocycles. The van der Waals surface area contributed by atoms with Crippen LogP contribution in [0.5, 0.6) is 5.75 Å². The van der Waals surface area contributed by atoms with Crippen LogP contribution in [-0.2, 0) is 6.54 Å². The molecule has 24 heavy (non-hydrogen) atoms. The van der Waals surface area contributed by atoms with Crippen molar-refractivity contribution in [3.8, 4) is 5.75 Å². The summed E-state index contributed by atoms with van der Waals surface area (Å²) in [4.78, 5) is 17.2. The third-order valence-electron chi connectivity index (χ3n) is 3.81. The highest BCUT2D eigenvalue weighted by atomic mass is 79.9. The van der Waals surface area contributed by atoms with E-state index in [2.05, 4.69) is 20.9 Å². The number of hydrogen-bond acceptors (Lipinski definition) is 3. The number of nitrogens with zero attached hydrogens (tertiary/aromatic N) is 2. The van der Waals surface area contributed by atoms with Crippen LogP contribution in [0, 0.1) is 0 Å². The minimum Gasteiger partial charge on any atom is -0.496 e. The van der Waals surface area contributed by atoms with Crippen molar-refractivity contribution in [2.45, 2.75) is 13.5 Å². The van der Waals surface area contributed by atoms with Gasteiger partial charge >= 0.3 is 0 Å². The first-order valence-electron chi connectivity index (χ1n) is 7.65. The molecule has 5 heteroatoms. The van der Waals surface area contributed by atoms with Gasteiger partial charge in [0, 0.05) is 16.6 Å². The van der Waals surface area contributed by atoms with Crippen LogP contribution in [-0.4, -0.2) is 16.7 Å². The predicted molar refractivity (Wildman–Crippen MR) is 101 cm³/mol. The molecule has 0 fully saturated rings. The number of fused-ring (bicyclic) bond motifs is 1. The third-order valence-corrected chi connectivity index (χ3v) is 4.30. The van der Waals surface area contributed by atoms with E-state index in [0.29, 0.717) is 23.3 Å². The van der Waals surface area contributed by atoms with Gasteiger partial charge in [-0.05, 0) is 49.4 Å². The van der Waals surface area contributed by atoms with E-state index in [1.54, 1.807) is 11.7 Å². The van der Waals surface area contributed by atoms with E-state index in [-0.39, 0.29) is 5.56 Å². The molecule has 122 valence electrons. The lowest BCUT2D eigenvalue weighted by Gasteiger charge is -2.09. The Kier molecular flexibility index (Phi) is 4.81. The molecule has 0 aliphatic rings. The minimum atomic E-state index is -0.0241. The lowest BCUT2D eigenvalue weighted by Crippen LogP contribution is -2.22. The van der Waals surface area contributed by atoms with E-state index in [0.717, 1.165) is 15.8 Å². The molecule has 0 aliphatic carbocycles. The van der Waals surface area contributed by atoms with E-state index < -0.39 is 0 Å². The van der Waals surface area contributed by atoms with Crippen molar-refractivity contribution in [3.05, 3.63) is 68.7 Å². The summed E-state index contributed by atoms with van der Waals surface area (Å²) in [5.74, 6) is 1.39. The Morgan fingerprint density at radius 2 is 2.00 bits per heavy atom. The average molecular weight is 385 g/mol. The number of aromatic nitrogens is 2. The molecule has 0 spiro atoms. The monoisotopic (exact) mass is 384 g/mol. The number of methoxy groups -OCH3 is 1. The molecule has 0 bridgehead atoms. The molecular formula is C19H17BrN2O2. The van der Waals surface area contributed by atoms with Crippen molar-refractivity contribution in [2.24, 2.45) is 0 Å². The quantitative estimate of drug-likeness (QED) is 0.671. The second-order valence-electron chi connectivity index (χ2n) is 5.26. The summed E-state index contributed by atoms with van der Waals surface area (Å²) >= 11 is 3.46. The first-order valence-corrected chi connectivity index (χ1v) is 8.44. The van der Waals surface area contributed by atoms with Gasteiger partial charge in [0.1, 0.15) is 11.6 Å². The number of halogens is 1. The van der Waals surface area contributed by atoms with Crippen LogP contribution in [0.15, 0.2) is 51.7 Å². The van der Waals surface area contributed by atoms with Crippen LogP contribution in [0.1, 0.15) is 18.3 Å². The first kappa shape index (κ1) is 16.5. The Bertz CT molecular complexity index is 977. The van der Waals surface area contributed by atoms with Gasteiger partial charge in [-0.3, -0.25) is 9.36 Å². The van der Waals surface area contributed by atoms with E-state index in [9.17, 15) is 4.79 Å². The van der Waals surface area contributed by atoms with Gasteiger partial charge < -0.3 is 4.74 Å². The standard InChI is InChI=1S/C19H17BrN2O2/c1-3-22-18(21-16-7-5-4-6-15(16)19(22)23)11-8-13-12-14(20)9-10-17(13)24-2/h4-12H,3H2,1-2H3. The maximum Gasteiger partial charge on any atom is 0.261 e. The van der Waals surface area contributed by atoms with E-state index in [1.807, 2.05) is 61.5 Å². The third kappa shape index (κ3) is 3.12. The maximum absolute atomic E-state index is 12.6. The molecule has 1 aromatic heterocycles. The SMILES string of the molecule is CCn1c(C=Cc2cc(Br)ccc2OC)nc2ccccc2c1=O. The number of para-hydroxylation sites is 1. The second kappa shape index (κ2) is 7.01. The zero-order valence-corrected chi connectivity index (χ0v) is 15.1. The molecule has 1 heterocycles. The Labute approximate surface area is 148 Å². The normalized spacial score (nSPS) is 11.3. The summed E-state index contributed by atoms with van der Waals surface area (Å²) in [6.45, 7) is 2.50. The Morgan fingerprint density at radius 3 is 2.75 bits per heavy atom. The molecule has 3 aromatic rings. The number of benzene rings is 2. The lowest BCUT2D eigenvalue weighted by atomic mass is 10.2. The molecule has 4 nitrogen and oxygen atoms in total. The summed E-state index contributed by atoms with van der Waals surface area (Å²) in [5.41, 5.74) is 1.59. The van der Waals surface area contributed by atoms with Crippen molar-refractivity contribution in [1.29, 1.82) is 0 Å². The minimum absolute atomic E-state index is 0.0241. The highest BCUT2D eigenvalue weighted by Crippen LogP contribution is 2.24.